The zero-order chi connectivity index (χ0) is 25.2. The molecule has 0 atom stereocenters. The van der Waals surface area contributed by atoms with Crippen molar-refractivity contribution in [3.8, 4) is 17.1 Å². The first-order chi connectivity index (χ1) is 16.6. The molecular weight excluding hydrogens is 588 g/mol. The quantitative estimate of drug-likeness (QED) is 0.230. The van der Waals surface area contributed by atoms with Gasteiger partial charge < -0.3 is 5.32 Å². The molecule has 1 amide bonds. The van der Waals surface area contributed by atoms with Crippen LogP contribution in [0.2, 0.25) is 10.0 Å². The molecule has 0 aliphatic carbocycles. The third kappa shape index (κ3) is 6.19. The minimum atomic E-state index is -4.62. The van der Waals surface area contributed by atoms with E-state index in [4.69, 9.17) is 23.2 Å². The summed E-state index contributed by atoms with van der Waals surface area (Å²) in [7, 11) is 0. The van der Waals surface area contributed by atoms with E-state index in [0.29, 0.717) is 26.7 Å². The lowest BCUT2D eigenvalue weighted by atomic mass is 10.1. The molecular formula is C23H14BrCl2F3N4OS. The average Bonchev–Trinajstić information content (AvgIpc) is 3.23. The normalized spacial score (nSPS) is 11.5. The van der Waals surface area contributed by atoms with Crippen LogP contribution in [-0.4, -0.2) is 26.4 Å². The average molecular weight is 602 g/mol. The van der Waals surface area contributed by atoms with Gasteiger partial charge in [0.2, 0.25) is 5.91 Å². The van der Waals surface area contributed by atoms with Gasteiger partial charge in [0.15, 0.2) is 11.0 Å². The summed E-state index contributed by atoms with van der Waals surface area (Å²) in [4.78, 5) is 12.6. The van der Waals surface area contributed by atoms with Crippen LogP contribution >= 0.6 is 50.9 Å². The van der Waals surface area contributed by atoms with E-state index in [9.17, 15) is 18.0 Å². The molecule has 5 nitrogen and oxygen atoms in total. The predicted molar refractivity (Wildman–Crippen MR) is 135 cm³/mol. The van der Waals surface area contributed by atoms with Crippen LogP contribution in [0, 0.1) is 0 Å². The van der Waals surface area contributed by atoms with Gasteiger partial charge in [0.05, 0.1) is 17.0 Å². The number of alkyl halides is 3. The number of nitrogens with zero attached hydrogens (tertiary/aromatic N) is 3. The van der Waals surface area contributed by atoms with Crippen LogP contribution in [-0.2, 0) is 11.0 Å². The van der Waals surface area contributed by atoms with Gasteiger partial charge in [-0.25, -0.2) is 0 Å². The Kier molecular flexibility index (Phi) is 7.75. The van der Waals surface area contributed by atoms with Gasteiger partial charge in [0.25, 0.3) is 0 Å². The molecule has 0 aliphatic rings. The lowest BCUT2D eigenvalue weighted by Gasteiger charge is -2.14. The second-order valence-electron chi connectivity index (χ2n) is 7.15. The number of nitrogens with one attached hydrogen (secondary N) is 1. The second kappa shape index (κ2) is 10.6. The molecule has 0 radical (unpaired) electrons. The maximum Gasteiger partial charge on any atom is 0.418 e. The highest BCUT2D eigenvalue weighted by molar-refractivity contribution is 9.10. The molecule has 0 unspecified atom stereocenters. The van der Waals surface area contributed by atoms with Gasteiger partial charge in [0.1, 0.15) is 0 Å². The minimum absolute atomic E-state index is 0.195. The van der Waals surface area contributed by atoms with Gasteiger partial charge in [-0.1, -0.05) is 50.9 Å². The molecule has 35 heavy (non-hydrogen) atoms. The number of aromatic nitrogens is 3. The molecule has 4 rings (SSSR count). The number of carbonyl (C=O) groups excluding carboxylic acids is 1. The first-order valence-electron chi connectivity index (χ1n) is 9.88. The molecule has 1 N–H and O–H groups in total. The summed E-state index contributed by atoms with van der Waals surface area (Å²) in [5.74, 6) is -0.319. The predicted octanol–water partition coefficient (Wildman–Crippen LogP) is 7.75. The van der Waals surface area contributed by atoms with Crippen molar-refractivity contribution in [2.24, 2.45) is 0 Å². The highest BCUT2D eigenvalue weighted by Gasteiger charge is 2.34. The van der Waals surface area contributed by atoms with Gasteiger partial charge >= 0.3 is 6.18 Å². The number of halogens is 6. The summed E-state index contributed by atoms with van der Waals surface area (Å²) in [6.07, 6.45) is -4.62. The highest BCUT2D eigenvalue weighted by Crippen LogP contribution is 2.37. The van der Waals surface area contributed by atoms with Gasteiger partial charge in [0, 0.05) is 25.8 Å². The molecule has 0 saturated heterocycles. The zero-order valence-electron chi connectivity index (χ0n) is 17.5. The summed E-state index contributed by atoms with van der Waals surface area (Å²) in [5, 5.41) is 12.3. The molecule has 0 saturated carbocycles. The summed E-state index contributed by atoms with van der Waals surface area (Å²) < 4.78 is 42.1. The highest BCUT2D eigenvalue weighted by atomic mass is 79.9. The van der Waals surface area contributed by atoms with E-state index < -0.39 is 17.6 Å². The van der Waals surface area contributed by atoms with E-state index in [0.717, 1.165) is 23.4 Å². The Bertz CT molecular complexity index is 1360. The maximum atomic E-state index is 13.4. The number of hydrogen-bond donors (Lipinski definition) is 1. The second-order valence-corrected chi connectivity index (χ2v) is 9.88. The van der Waals surface area contributed by atoms with Crippen LogP contribution < -0.4 is 5.32 Å². The van der Waals surface area contributed by atoms with Crippen molar-refractivity contribution < 1.29 is 18.0 Å². The Hall–Kier alpha value is -2.53. The van der Waals surface area contributed by atoms with Crippen molar-refractivity contribution in [1.29, 1.82) is 0 Å². The van der Waals surface area contributed by atoms with Crippen molar-refractivity contribution in [3.63, 3.8) is 0 Å². The fourth-order valence-electron chi connectivity index (χ4n) is 3.15. The SMILES string of the molecule is O=C(CSc1nnc(-c2ccc(Cl)cc2)n1-c1ccc(Cl)cc1)Nc1ccc(Br)cc1C(F)(F)F. The van der Waals surface area contributed by atoms with Crippen LogP contribution in [0.15, 0.2) is 76.4 Å². The molecule has 4 aromatic rings. The van der Waals surface area contributed by atoms with Gasteiger partial charge in [-0.05, 0) is 66.7 Å². The molecule has 1 aromatic heterocycles. The summed E-state index contributed by atoms with van der Waals surface area (Å²) in [6.45, 7) is 0. The molecule has 0 spiro atoms. The smallest absolute Gasteiger partial charge is 0.325 e. The topological polar surface area (TPSA) is 59.8 Å². The molecule has 1 heterocycles. The number of thioether (sulfide) groups is 1. The number of hydrogen-bond acceptors (Lipinski definition) is 4. The Morgan fingerprint density at radius 3 is 2.23 bits per heavy atom. The van der Waals surface area contributed by atoms with Crippen LogP contribution in [0.1, 0.15) is 5.56 Å². The first-order valence-corrected chi connectivity index (χ1v) is 12.4. The van der Waals surface area contributed by atoms with E-state index in [-0.39, 0.29) is 15.9 Å². The van der Waals surface area contributed by atoms with E-state index >= 15 is 0 Å². The third-order valence-corrected chi connectivity index (χ3v) is 6.64. The third-order valence-electron chi connectivity index (χ3n) is 4.71. The number of anilines is 1. The van der Waals surface area contributed by atoms with Crippen molar-refractivity contribution in [2.75, 3.05) is 11.1 Å². The Labute approximate surface area is 220 Å². The molecule has 0 bridgehead atoms. The van der Waals surface area contributed by atoms with Gasteiger partial charge in [-0.3, -0.25) is 9.36 Å². The van der Waals surface area contributed by atoms with E-state index in [2.05, 4.69) is 31.4 Å². The van der Waals surface area contributed by atoms with Crippen LogP contribution in [0.3, 0.4) is 0 Å². The van der Waals surface area contributed by atoms with Crippen molar-refractivity contribution in [3.05, 3.63) is 86.8 Å². The monoisotopic (exact) mass is 600 g/mol. The van der Waals surface area contributed by atoms with Gasteiger partial charge in [-0.2, -0.15) is 13.2 Å². The zero-order valence-corrected chi connectivity index (χ0v) is 21.4. The Morgan fingerprint density at radius 2 is 1.60 bits per heavy atom. The van der Waals surface area contributed by atoms with E-state index in [1.54, 1.807) is 53.1 Å². The van der Waals surface area contributed by atoms with E-state index in [1.165, 1.54) is 12.1 Å². The van der Waals surface area contributed by atoms with Crippen molar-refractivity contribution in [1.82, 2.24) is 14.8 Å². The first kappa shape index (κ1) is 25.6. The standard InChI is InChI=1S/C23H14BrCl2F3N4OS/c24-14-3-10-19(18(11-14)23(27,28)29)30-20(34)12-35-22-32-31-21(13-1-4-15(25)5-2-13)33(22)17-8-6-16(26)7-9-17/h1-11H,12H2,(H,30,34). The molecule has 0 aliphatic heterocycles. The summed E-state index contributed by atoms with van der Waals surface area (Å²) >= 11 is 16.1. The fourth-order valence-corrected chi connectivity index (χ4v) is 4.51. The maximum absolute atomic E-state index is 13.4. The van der Waals surface area contributed by atoms with Crippen molar-refractivity contribution in [2.45, 2.75) is 11.3 Å². The Balaban J connectivity index is 1.60. The lowest BCUT2D eigenvalue weighted by Crippen LogP contribution is -2.18. The van der Waals surface area contributed by atoms with Crippen molar-refractivity contribution >= 4 is 62.5 Å². The number of amides is 1. The van der Waals surface area contributed by atoms with Crippen LogP contribution in [0.5, 0.6) is 0 Å². The molecule has 3 aromatic carbocycles. The van der Waals surface area contributed by atoms with E-state index in [1.807, 2.05) is 0 Å². The fraction of sp³-hybridized carbons (Fsp3) is 0.0870. The number of benzene rings is 3. The summed E-state index contributed by atoms with van der Waals surface area (Å²) in [5.41, 5.74) is 0.157. The molecule has 12 heteroatoms. The van der Waals surface area contributed by atoms with Gasteiger partial charge in [-0.15, -0.1) is 10.2 Å². The minimum Gasteiger partial charge on any atom is -0.325 e. The van der Waals surface area contributed by atoms with Crippen LogP contribution in [0.25, 0.3) is 17.1 Å². The lowest BCUT2D eigenvalue weighted by molar-refractivity contribution is -0.137. The Morgan fingerprint density at radius 1 is 0.971 bits per heavy atom. The molecule has 180 valence electrons. The summed E-state index contributed by atoms with van der Waals surface area (Å²) in [6, 6.07) is 17.5. The number of rotatable bonds is 6. The number of carbonyl (C=O) groups is 1. The molecule has 0 fully saturated rings. The largest absolute Gasteiger partial charge is 0.418 e. The van der Waals surface area contributed by atoms with Crippen LogP contribution in [0.4, 0.5) is 18.9 Å².